The molecule has 3 N–H and O–H groups in total. The first-order valence-corrected chi connectivity index (χ1v) is 10.8. The summed E-state index contributed by atoms with van der Waals surface area (Å²) in [7, 11) is 2.10. The third kappa shape index (κ3) is 5.22. The van der Waals surface area contributed by atoms with E-state index in [-0.39, 0.29) is 11.8 Å². The van der Waals surface area contributed by atoms with Gasteiger partial charge >= 0.3 is 0 Å². The van der Waals surface area contributed by atoms with Crippen LogP contribution in [0.1, 0.15) is 59.1 Å². The fourth-order valence-electron chi connectivity index (χ4n) is 3.89. The summed E-state index contributed by atoms with van der Waals surface area (Å²) in [6, 6.07) is 4.21. The fraction of sp³-hybridized carbons (Fsp3) is 0.417. The van der Waals surface area contributed by atoms with Gasteiger partial charge in [-0.25, -0.2) is 4.39 Å². The summed E-state index contributed by atoms with van der Waals surface area (Å²) in [6.45, 7) is 8.47. The van der Waals surface area contributed by atoms with Crippen LogP contribution >= 0.6 is 0 Å². The molecule has 1 aromatic carbocycles. The van der Waals surface area contributed by atoms with Crippen molar-refractivity contribution >= 4 is 29.2 Å². The SMILES string of the molecule is CCCCN(C)CCCNC(=O)c1c(C)[nH]c(/C=C2\C(=O)Nc3ccc(F)cc32)c1C. The van der Waals surface area contributed by atoms with Crippen molar-refractivity contribution in [3.05, 3.63) is 52.1 Å². The average Bonchev–Trinajstić information content (AvgIpc) is 3.18. The number of hydrogen-bond acceptors (Lipinski definition) is 3. The number of unbranched alkanes of at least 4 members (excludes halogenated alkanes) is 1. The number of nitrogens with zero attached hydrogens (tertiary/aromatic N) is 1. The molecule has 2 aromatic rings. The van der Waals surface area contributed by atoms with E-state index in [0.29, 0.717) is 34.6 Å². The first kappa shape index (κ1) is 22.7. The molecule has 31 heavy (non-hydrogen) atoms. The van der Waals surface area contributed by atoms with Gasteiger partial charge in [0.25, 0.3) is 11.8 Å². The minimum Gasteiger partial charge on any atom is -0.358 e. The minimum atomic E-state index is -0.402. The molecule has 0 radical (unpaired) electrons. The number of amides is 2. The van der Waals surface area contributed by atoms with E-state index in [2.05, 4.69) is 34.5 Å². The summed E-state index contributed by atoms with van der Waals surface area (Å²) >= 11 is 0. The molecule has 0 spiro atoms. The van der Waals surface area contributed by atoms with Gasteiger partial charge in [-0.3, -0.25) is 9.59 Å². The summed E-state index contributed by atoms with van der Waals surface area (Å²) in [5.74, 6) is -0.819. The molecular formula is C24H31FN4O2. The summed E-state index contributed by atoms with van der Waals surface area (Å²) in [4.78, 5) is 30.6. The lowest BCUT2D eigenvalue weighted by Gasteiger charge is -2.16. The first-order chi connectivity index (χ1) is 14.8. The lowest BCUT2D eigenvalue weighted by atomic mass is 10.0. The van der Waals surface area contributed by atoms with Crippen LogP contribution in [0.25, 0.3) is 11.6 Å². The third-order valence-electron chi connectivity index (χ3n) is 5.65. The number of anilines is 1. The van der Waals surface area contributed by atoms with Crippen molar-refractivity contribution in [2.75, 3.05) is 32.0 Å². The zero-order valence-corrected chi connectivity index (χ0v) is 18.7. The molecule has 0 fully saturated rings. The van der Waals surface area contributed by atoms with Crippen LogP contribution in [0.15, 0.2) is 18.2 Å². The van der Waals surface area contributed by atoms with Gasteiger partial charge in [0.15, 0.2) is 0 Å². The lowest BCUT2D eigenvalue weighted by molar-refractivity contribution is -0.110. The highest BCUT2D eigenvalue weighted by Gasteiger charge is 2.26. The number of carbonyl (C=O) groups is 2. The van der Waals surface area contributed by atoms with E-state index >= 15 is 0 Å². The number of aromatic nitrogens is 1. The number of carbonyl (C=O) groups excluding carboxylic acids is 2. The molecule has 0 aliphatic carbocycles. The van der Waals surface area contributed by atoms with Crippen LogP contribution in [0, 0.1) is 19.7 Å². The van der Waals surface area contributed by atoms with E-state index in [1.165, 1.54) is 25.0 Å². The Morgan fingerprint density at radius 2 is 1.97 bits per heavy atom. The Kier molecular flexibility index (Phi) is 7.28. The molecule has 2 amide bonds. The maximum atomic E-state index is 13.7. The number of aryl methyl sites for hydroxylation is 1. The Morgan fingerprint density at radius 3 is 2.71 bits per heavy atom. The molecule has 3 rings (SSSR count). The molecule has 1 aromatic heterocycles. The summed E-state index contributed by atoms with van der Waals surface area (Å²) in [6.07, 6.45) is 4.92. The van der Waals surface area contributed by atoms with Crippen molar-refractivity contribution in [3.8, 4) is 0 Å². The first-order valence-electron chi connectivity index (χ1n) is 10.8. The number of rotatable bonds is 9. The number of benzene rings is 1. The quantitative estimate of drug-likeness (QED) is 0.417. The molecule has 0 atom stereocenters. The van der Waals surface area contributed by atoms with Crippen LogP contribution in [0.2, 0.25) is 0 Å². The average molecular weight is 427 g/mol. The number of aromatic amines is 1. The molecule has 7 heteroatoms. The van der Waals surface area contributed by atoms with Gasteiger partial charge in [-0.2, -0.15) is 0 Å². The molecule has 0 unspecified atom stereocenters. The molecular weight excluding hydrogens is 395 g/mol. The number of hydrogen-bond donors (Lipinski definition) is 3. The van der Waals surface area contributed by atoms with Gasteiger partial charge in [0.05, 0.1) is 11.1 Å². The van der Waals surface area contributed by atoms with Gasteiger partial charge in [0, 0.05) is 29.2 Å². The maximum Gasteiger partial charge on any atom is 0.256 e. The Balaban J connectivity index is 1.70. The van der Waals surface area contributed by atoms with Crippen molar-refractivity contribution in [2.45, 2.75) is 40.0 Å². The summed E-state index contributed by atoms with van der Waals surface area (Å²) < 4.78 is 13.7. The van der Waals surface area contributed by atoms with Crippen molar-refractivity contribution in [3.63, 3.8) is 0 Å². The lowest BCUT2D eigenvalue weighted by Crippen LogP contribution is -2.29. The molecule has 166 valence electrons. The topological polar surface area (TPSA) is 77.2 Å². The smallest absolute Gasteiger partial charge is 0.256 e. The second-order valence-corrected chi connectivity index (χ2v) is 8.13. The van der Waals surface area contributed by atoms with E-state index in [4.69, 9.17) is 0 Å². The van der Waals surface area contributed by atoms with Gasteiger partial charge < -0.3 is 20.5 Å². The van der Waals surface area contributed by atoms with Gasteiger partial charge in [-0.05, 0) is 76.7 Å². The van der Waals surface area contributed by atoms with Gasteiger partial charge in [0.1, 0.15) is 5.82 Å². The second kappa shape index (κ2) is 9.92. The monoisotopic (exact) mass is 426 g/mol. The van der Waals surface area contributed by atoms with Gasteiger partial charge in [-0.15, -0.1) is 0 Å². The summed E-state index contributed by atoms with van der Waals surface area (Å²) in [5, 5.41) is 5.74. The van der Waals surface area contributed by atoms with E-state index in [1.54, 1.807) is 12.1 Å². The highest BCUT2D eigenvalue weighted by Crippen LogP contribution is 2.34. The van der Waals surface area contributed by atoms with E-state index in [9.17, 15) is 14.0 Å². The predicted octanol–water partition coefficient (Wildman–Crippen LogP) is 4.12. The van der Waals surface area contributed by atoms with Crippen molar-refractivity contribution in [1.29, 1.82) is 0 Å². The van der Waals surface area contributed by atoms with Crippen LogP contribution in [0.4, 0.5) is 10.1 Å². The molecule has 2 heterocycles. The van der Waals surface area contributed by atoms with Crippen molar-refractivity contribution < 1.29 is 14.0 Å². The maximum absolute atomic E-state index is 13.7. The Hall–Kier alpha value is -2.93. The van der Waals surface area contributed by atoms with Crippen LogP contribution in [-0.2, 0) is 4.79 Å². The minimum absolute atomic E-state index is 0.130. The number of H-pyrrole nitrogens is 1. The van der Waals surface area contributed by atoms with Crippen LogP contribution in [-0.4, -0.2) is 48.4 Å². The van der Waals surface area contributed by atoms with E-state index in [1.807, 2.05) is 13.8 Å². The molecule has 0 saturated carbocycles. The van der Waals surface area contributed by atoms with Crippen LogP contribution in [0.5, 0.6) is 0 Å². The molecule has 0 saturated heterocycles. The summed E-state index contributed by atoms with van der Waals surface area (Å²) in [5.41, 5.74) is 4.24. The van der Waals surface area contributed by atoms with Crippen LogP contribution < -0.4 is 10.6 Å². The van der Waals surface area contributed by atoms with Crippen LogP contribution in [0.3, 0.4) is 0 Å². The third-order valence-corrected chi connectivity index (χ3v) is 5.65. The Morgan fingerprint density at radius 1 is 1.23 bits per heavy atom. The molecule has 0 bridgehead atoms. The normalized spacial score (nSPS) is 14.3. The second-order valence-electron chi connectivity index (χ2n) is 8.13. The van der Waals surface area contributed by atoms with E-state index in [0.717, 1.165) is 30.8 Å². The highest BCUT2D eigenvalue weighted by molar-refractivity contribution is 6.34. The number of fused-ring (bicyclic) bond motifs is 1. The molecule has 1 aliphatic rings. The number of halogens is 1. The zero-order chi connectivity index (χ0) is 22.5. The van der Waals surface area contributed by atoms with Crippen molar-refractivity contribution in [1.82, 2.24) is 15.2 Å². The number of nitrogens with one attached hydrogen (secondary N) is 3. The van der Waals surface area contributed by atoms with E-state index < -0.39 is 5.82 Å². The van der Waals surface area contributed by atoms with Gasteiger partial charge in [-0.1, -0.05) is 13.3 Å². The highest BCUT2D eigenvalue weighted by atomic mass is 19.1. The zero-order valence-electron chi connectivity index (χ0n) is 18.7. The van der Waals surface area contributed by atoms with Crippen molar-refractivity contribution in [2.24, 2.45) is 0 Å². The molecule has 6 nitrogen and oxygen atoms in total. The Labute approximate surface area is 182 Å². The standard InChI is InChI=1S/C24H31FN4O2/c1-5-6-11-29(4)12-7-10-26-24(31)22-15(2)21(27-16(22)3)14-19-18-13-17(25)8-9-20(18)28-23(19)30/h8-9,13-14,27H,5-7,10-12H2,1-4H3,(H,26,31)(H,28,30)/b19-14-. The van der Waals surface area contributed by atoms with Gasteiger partial charge in [0.2, 0.25) is 0 Å². The largest absolute Gasteiger partial charge is 0.358 e. The fourth-order valence-corrected chi connectivity index (χ4v) is 3.89. The molecule has 1 aliphatic heterocycles. The predicted molar refractivity (Wildman–Crippen MR) is 123 cm³/mol. The Bertz CT molecular complexity index is 1010.